The molecule has 0 bridgehead atoms. The van der Waals surface area contributed by atoms with Crippen LogP contribution in [0.15, 0.2) is 0 Å². The third-order valence-electron chi connectivity index (χ3n) is 4.03. The number of aliphatic hydroxyl groups excluding tert-OH is 9. The molecule has 37 heavy (non-hydrogen) atoms. The van der Waals surface area contributed by atoms with Crippen molar-refractivity contribution in [2.24, 2.45) is 0 Å². The highest BCUT2D eigenvalue weighted by Gasteiger charge is 2.45. The average molecular weight is 614 g/mol. The molecule has 0 aromatic rings. The summed E-state index contributed by atoms with van der Waals surface area (Å²) in [5, 5.41) is 86.9. The molecule has 0 aliphatic rings. The summed E-state index contributed by atoms with van der Waals surface area (Å²) in [6.07, 6.45) is -25.6. The Morgan fingerprint density at radius 2 is 1.00 bits per heavy atom. The van der Waals surface area contributed by atoms with Gasteiger partial charge in [0.2, 0.25) is 11.6 Å². The molecule has 0 saturated heterocycles. The van der Waals surface area contributed by atoms with E-state index in [0.717, 1.165) is 0 Å². The van der Waals surface area contributed by atoms with Crippen LogP contribution in [0, 0.1) is 0 Å². The van der Waals surface area contributed by atoms with Crippen LogP contribution in [0.3, 0.4) is 0 Å². The standard InChI is InChI=1S/C12H25O22P3/c13-2(1-32-35(24,25)26)3(14)4(15)5(16)6(17)7(18)8(19)9(20)10(21)11(22)12(23)33-37(30,31)34-36(27,28)29/h2-7,10-18,21-23H,1H2,(H,30,31)(H2,24,25,26)(H2,27,28,29)/t2-,3-,4+,5-,6?,7?,10+,11-,12?/m1/s1. The van der Waals surface area contributed by atoms with Gasteiger partial charge in [0.1, 0.15) is 42.7 Å². The van der Waals surface area contributed by atoms with Crippen molar-refractivity contribution in [3.05, 3.63) is 0 Å². The summed E-state index contributed by atoms with van der Waals surface area (Å²) >= 11 is 0. The van der Waals surface area contributed by atoms with Gasteiger partial charge in [0, 0.05) is 0 Å². The van der Waals surface area contributed by atoms with E-state index < -0.39 is 96.8 Å². The maximum absolute atomic E-state index is 12.0. The van der Waals surface area contributed by atoms with Crippen molar-refractivity contribution in [1.29, 1.82) is 0 Å². The van der Waals surface area contributed by atoms with Gasteiger partial charge < -0.3 is 70.4 Å². The maximum atomic E-state index is 12.0. The van der Waals surface area contributed by atoms with Crippen molar-refractivity contribution in [3.63, 3.8) is 0 Å². The van der Waals surface area contributed by atoms with Crippen LogP contribution in [0.25, 0.3) is 0 Å². The second-order valence-electron chi connectivity index (χ2n) is 6.96. The SMILES string of the molecule is O=C(C(=O)[C@H](O)[C@@H](O)C(O)OP(=O)(O)OP(=O)(O)O)C(O)C(O)[C@H](O)[C@@H](O)[C@H](O)[C@H](O)COP(=O)(O)O. The Balaban J connectivity index is 5.27. The zero-order valence-corrected chi connectivity index (χ0v) is 20.5. The molecule has 10 atom stereocenters. The van der Waals surface area contributed by atoms with Gasteiger partial charge in [-0.05, 0) is 0 Å². The lowest BCUT2D eigenvalue weighted by molar-refractivity contribution is -0.176. The topological polar surface area (TPSA) is 396 Å². The number of hydrogen-bond donors (Lipinski definition) is 14. The van der Waals surface area contributed by atoms with Crippen molar-refractivity contribution < 1.29 is 107 Å². The summed E-state index contributed by atoms with van der Waals surface area (Å²) < 4.78 is 43.2. The number of Topliss-reactive ketones (excluding diaryl/α,β-unsaturated/α-hetero) is 2. The summed E-state index contributed by atoms with van der Waals surface area (Å²) in [7, 11) is -16.7. The minimum atomic E-state index is -5.84. The van der Waals surface area contributed by atoms with Crippen molar-refractivity contribution in [2.75, 3.05) is 6.61 Å². The minimum absolute atomic E-state index is 1.32. The summed E-state index contributed by atoms with van der Waals surface area (Å²) in [6, 6.07) is 0. The molecular weight excluding hydrogens is 589 g/mol. The molecule has 0 amide bonds. The predicted molar refractivity (Wildman–Crippen MR) is 106 cm³/mol. The number of carbonyl (C=O) groups excluding carboxylic acids is 2. The largest absolute Gasteiger partial charge is 0.483 e. The molecule has 0 heterocycles. The van der Waals surface area contributed by atoms with Gasteiger partial charge in [0.25, 0.3) is 0 Å². The minimum Gasteiger partial charge on any atom is -0.388 e. The molecule has 4 unspecified atom stereocenters. The van der Waals surface area contributed by atoms with E-state index in [-0.39, 0.29) is 0 Å². The third kappa shape index (κ3) is 12.4. The molecule has 0 aromatic heterocycles. The molecule has 0 spiro atoms. The van der Waals surface area contributed by atoms with E-state index >= 15 is 0 Å². The summed E-state index contributed by atoms with van der Waals surface area (Å²) in [5.74, 6) is -4.53. The second kappa shape index (κ2) is 14.1. The number of phosphoric ester groups is 2. The molecule has 0 radical (unpaired) electrons. The van der Waals surface area contributed by atoms with Gasteiger partial charge in [-0.15, -0.1) is 0 Å². The van der Waals surface area contributed by atoms with E-state index in [4.69, 9.17) is 24.5 Å². The highest BCUT2D eigenvalue weighted by molar-refractivity contribution is 7.60. The van der Waals surface area contributed by atoms with Crippen LogP contribution in [0.2, 0.25) is 0 Å². The summed E-state index contributed by atoms with van der Waals surface area (Å²) in [4.78, 5) is 66.8. The molecule has 22 nitrogen and oxygen atoms in total. The number of aliphatic hydroxyl groups is 9. The molecule has 0 aliphatic carbocycles. The normalized spacial score (nSPS) is 22.0. The smallest absolute Gasteiger partial charge is 0.388 e. The Bertz CT molecular complexity index is 913. The van der Waals surface area contributed by atoms with Crippen LogP contribution < -0.4 is 0 Å². The van der Waals surface area contributed by atoms with E-state index in [2.05, 4.69) is 13.4 Å². The first-order valence-corrected chi connectivity index (χ1v) is 13.7. The van der Waals surface area contributed by atoms with Gasteiger partial charge in [-0.3, -0.25) is 18.6 Å². The van der Waals surface area contributed by atoms with E-state index in [1.54, 1.807) is 0 Å². The fourth-order valence-corrected chi connectivity index (χ4v) is 4.17. The lowest BCUT2D eigenvalue weighted by Crippen LogP contribution is -2.56. The first kappa shape index (κ1) is 36.4. The van der Waals surface area contributed by atoms with Crippen molar-refractivity contribution in [3.8, 4) is 0 Å². The van der Waals surface area contributed by atoms with E-state index in [0.29, 0.717) is 0 Å². The molecule has 220 valence electrons. The van der Waals surface area contributed by atoms with Gasteiger partial charge in [-0.1, -0.05) is 0 Å². The molecule has 0 saturated carbocycles. The van der Waals surface area contributed by atoms with Gasteiger partial charge in [0.15, 0.2) is 12.4 Å². The Kier molecular flexibility index (Phi) is 13.9. The number of carbonyl (C=O) groups is 2. The van der Waals surface area contributed by atoms with Crippen LogP contribution in [-0.2, 0) is 36.6 Å². The second-order valence-corrected chi connectivity index (χ2v) is 11.0. The monoisotopic (exact) mass is 614 g/mol. The molecule has 25 heteroatoms. The van der Waals surface area contributed by atoms with E-state index in [1.807, 2.05) is 0 Å². The van der Waals surface area contributed by atoms with Crippen LogP contribution >= 0.6 is 23.5 Å². The fourth-order valence-electron chi connectivity index (χ4n) is 2.20. The van der Waals surface area contributed by atoms with Crippen LogP contribution in [0.4, 0.5) is 0 Å². The first-order chi connectivity index (χ1) is 16.4. The summed E-state index contributed by atoms with van der Waals surface area (Å²) in [5.41, 5.74) is 0. The molecule has 0 aromatic carbocycles. The van der Waals surface area contributed by atoms with Crippen molar-refractivity contribution in [2.45, 2.75) is 55.1 Å². The van der Waals surface area contributed by atoms with Crippen LogP contribution in [-0.4, -0.2) is 144 Å². The molecule has 0 fully saturated rings. The third-order valence-corrected chi connectivity index (χ3v) is 6.67. The van der Waals surface area contributed by atoms with Gasteiger partial charge in [-0.2, -0.15) is 4.31 Å². The molecule has 0 rings (SSSR count). The Labute approximate surface area is 204 Å². The van der Waals surface area contributed by atoms with Gasteiger partial charge in [-0.25, -0.2) is 13.7 Å². The van der Waals surface area contributed by atoms with E-state index in [9.17, 15) is 69.2 Å². The number of phosphoric acid groups is 3. The zero-order chi connectivity index (χ0) is 29.7. The fraction of sp³-hybridized carbons (Fsp3) is 0.833. The van der Waals surface area contributed by atoms with Crippen LogP contribution in [0.5, 0.6) is 0 Å². The lowest BCUT2D eigenvalue weighted by Gasteiger charge is -2.30. The molecule has 0 aliphatic heterocycles. The first-order valence-electron chi connectivity index (χ1n) is 9.10. The number of rotatable bonds is 17. The molecule has 14 N–H and O–H groups in total. The Morgan fingerprint density at radius 1 is 0.595 bits per heavy atom. The van der Waals surface area contributed by atoms with Crippen molar-refractivity contribution >= 4 is 35.0 Å². The lowest BCUT2D eigenvalue weighted by atomic mass is 9.92. The highest BCUT2D eigenvalue weighted by atomic mass is 31.3. The van der Waals surface area contributed by atoms with Gasteiger partial charge >= 0.3 is 23.5 Å². The predicted octanol–water partition coefficient (Wildman–Crippen LogP) is -7.33. The quantitative estimate of drug-likeness (QED) is 0.0411. The highest BCUT2D eigenvalue weighted by Crippen LogP contribution is 2.58. The maximum Gasteiger partial charge on any atom is 0.483 e. The Hall–Kier alpha value is -0.650. The summed E-state index contributed by atoms with van der Waals surface area (Å²) in [6.45, 7) is -1.32. The van der Waals surface area contributed by atoms with Crippen LogP contribution in [0.1, 0.15) is 0 Å². The zero-order valence-electron chi connectivity index (χ0n) is 17.8. The average Bonchev–Trinajstić information content (AvgIpc) is 2.75. The molecular formula is C12H25O22P3. The van der Waals surface area contributed by atoms with Gasteiger partial charge in [0.05, 0.1) is 6.61 Å². The van der Waals surface area contributed by atoms with E-state index in [1.165, 1.54) is 0 Å². The number of hydrogen-bond acceptors (Lipinski definition) is 17. The van der Waals surface area contributed by atoms with Crippen molar-refractivity contribution in [1.82, 2.24) is 0 Å². The Morgan fingerprint density at radius 3 is 1.41 bits per heavy atom. The number of ketones is 2.